The zero-order valence-corrected chi connectivity index (χ0v) is 11.3. The van der Waals surface area contributed by atoms with Gasteiger partial charge >= 0.3 is 0 Å². The van der Waals surface area contributed by atoms with Crippen LogP contribution in [0.2, 0.25) is 0 Å². The molecule has 2 N–H and O–H groups in total. The van der Waals surface area contributed by atoms with E-state index in [0.29, 0.717) is 12.6 Å². The van der Waals surface area contributed by atoms with E-state index in [1.165, 1.54) is 16.6 Å². The van der Waals surface area contributed by atoms with Crippen molar-refractivity contribution >= 4 is 26.8 Å². The Morgan fingerprint density at radius 1 is 1.38 bits per heavy atom. The van der Waals surface area contributed by atoms with Crippen LogP contribution in [-0.4, -0.2) is 11.1 Å². The Bertz CT molecular complexity index is 500. The average Bonchev–Trinajstić information content (AvgIpc) is 2.58. The predicted octanol–water partition coefficient (Wildman–Crippen LogP) is 3.49. The average molecular weight is 281 g/mol. The van der Waals surface area contributed by atoms with Crippen molar-refractivity contribution in [2.45, 2.75) is 26.3 Å². The lowest BCUT2D eigenvalue weighted by Gasteiger charge is -2.14. The fraction of sp³-hybridized carbons (Fsp3) is 0.385. The first kappa shape index (κ1) is 11.7. The van der Waals surface area contributed by atoms with Crippen LogP contribution in [0.4, 0.5) is 0 Å². The zero-order chi connectivity index (χ0) is 11.7. The van der Waals surface area contributed by atoms with Gasteiger partial charge in [0.05, 0.1) is 0 Å². The number of benzene rings is 1. The molecule has 0 saturated heterocycles. The first-order chi connectivity index (χ1) is 7.65. The van der Waals surface area contributed by atoms with Crippen LogP contribution in [-0.2, 0) is 6.42 Å². The van der Waals surface area contributed by atoms with Crippen LogP contribution in [0, 0.1) is 0 Å². The van der Waals surface area contributed by atoms with Crippen molar-refractivity contribution in [2.24, 2.45) is 5.73 Å². The molecule has 0 aliphatic carbocycles. The maximum Gasteiger partial charge on any atom is 0.0496 e. The maximum absolute atomic E-state index is 5.66. The molecule has 2 nitrogen and oxygen atoms in total. The molecule has 0 amide bonds. The van der Waals surface area contributed by atoms with Gasteiger partial charge in [-0.05, 0) is 45.0 Å². The van der Waals surface area contributed by atoms with Crippen molar-refractivity contribution < 1.29 is 0 Å². The summed E-state index contributed by atoms with van der Waals surface area (Å²) in [6, 6.07) is 9.04. The van der Waals surface area contributed by atoms with Crippen LogP contribution in [0.1, 0.15) is 25.6 Å². The van der Waals surface area contributed by atoms with Crippen molar-refractivity contribution in [1.82, 2.24) is 4.57 Å². The Morgan fingerprint density at radius 2 is 2.12 bits per heavy atom. The minimum absolute atomic E-state index is 0.466. The standard InChI is InChI=1S/C13H17BrN2/c1-9(2)16-10(6-7-15)8-11-12(14)4-3-5-13(11)16/h3-5,8-9H,6-7,15H2,1-2H3. The Balaban J connectivity index is 2.70. The summed E-state index contributed by atoms with van der Waals surface area (Å²) in [5.41, 5.74) is 8.27. The summed E-state index contributed by atoms with van der Waals surface area (Å²) in [5, 5.41) is 1.28. The molecule has 2 aromatic rings. The SMILES string of the molecule is CC(C)n1c(CCN)cc2c(Br)cccc21. The Kier molecular flexibility index (Phi) is 3.36. The molecule has 3 heteroatoms. The monoisotopic (exact) mass is 280 g/mol. The number of nitrogens with zero attached hydrogens (tertiary/aromatic N) is 1. The highest BCUT2D eigenvalue weighted by molar-refractivity contribution is 9.10. The van der Waals surface area contributed by atoms with Crippen molar-refractivity contribution in [2.75, 3.05) is 6.54 Å². The fourth-order valence-electron chi connectivity index (χ4n) is 2.22. The summed E-state index contributed by atoms with van der Waals surface area (Å²) in [6.45, 7) is 5.11. The lowest BCUT2D eigenvalue weighted by Crippen LogP contribution is -2.10. The van der Waals surface area contributed by atoms with E-state index < -0.39 is 0 Å². The summed E-state index contributed by atoms with van der Waals surface area (Å²) in [5.74, 6) is 0. The summed E-state index contributed by atoms with van der Waals surface area (Å²) < 4.78 is 3.52. The van der Waals surface area contributed by atoms with Crippen molar-refractivity contribution in [3.05, 3.63) is 34.4 Å². The molecule has 0 radical (unpaired) electrons. The van der Waals surface area contributed by atoms with Crippen molar-refractivity contribution in [3.63, 3.8) is 0 Å². The molecule has 1 heterocycles. The third kappa shape index (κ3) is 1.89. The van der Waals surface area contributed by atoms with E-state index in [1.807, 2.05) is 0 Å². The van der Waals surface area contributed by atoms with E-state index in [2.05, 4.69) is 58.6 Å². The minimum atomic E-state index is 0.466. The fourth-order valence-corrected chi connectivity index (χ4v) is 2.69. The van der Waals surface area contributed by atoms with E-state index in [4.69, 9.17) is 5.73 Å². The molecule has 0 fully saturated rings. The molecule has 0 aliphatic rings. The second kappa shape index (κ2) is 4.60. The number of aromatic nitrogens is 1. The molecule has 0 unspecified atom stereocenters. The van der Waals surface area contributed by atoms with E-state index in [1.54, 1.807) is 0 Å². The van der Waals surface area contributed by atoms with E-state index in [-0.39, 0.29) is 0 Å². The lowest BCUT2D eigenvalue weighted by atomic mass is 10.2. The van der Waals surface area contributed by atoms with Crippen molar-refractivity contribution in [1.29, 1.82) is 0 Å². The molecule has 0 saturated carbocycles. The van der Waals surface area contributed by atoms with E-state index in [9.17, 15) is 0 Å². The second-order valence-electron chi connectivity index (χ2n) is 4.31. The van der Waals surface area contributed by atoms with Crippen LogP contribution >= 0.6 is 15.9 Å². The van der Waals surface area contributed by atoms with Crippen LogP contribution in [0.3, 0.4) is 0 Å². The molecule has 0 aliphatic heterocycles. The van der Waals surface area contributed by atoms with E-state index in [0.717, 1.165) is 10.9 Å². The Hall–Kier alpha value is -0.800. The summed E-state index contributed by atoms with van der Waals surface area (Å²) in [4.78, 5) is 0. The quantitative estimate of drug-likeness (QED) is 0.917. The van der Waals surface area contributed by atoms with Crippen molar-refractivity contribution in [3.8, 4) is 0 Å². The lowest BCUT2D eigenvalue weighted by molar-refractivity contribution is 0.594. The van der Waals surface area contributed by atoms with Gasteiger partial charge in [0.1, 0.15) is 0 Å². The Morgan fingerprint density at radius 3 is 2.75 bits per heavy atom. The molecule has 0 spiro atoms. The highest BCUT2D eigenvalue weighted by atomic mass is 79.9. The number of rotatable bonds is 3. The van der Waals surface area contributed by atoms with Crippen LogP contribution < -0.4 is 5.73 Å². The van der Waals surface area contributed by atoms with Gasteiger partial charge in [-0.1, -0.05) is 22.0 Å². The van der Waals surface area contributed by atoms with Gasteiger partial charge in [-0.15, -0.1) is 0 Å². The molecule has 86 valence electrons. The number of hydrogen-bond acceptors (Lipinski definition) is 1. The topological polar surface area (TPSA) is 30.9 Å². The van der Waals surface area contributed by atoms with Gasteiger partial charge in [-0.2, -0.15) is 0 Å². The molecule has 1 aromatic heterocycles. The van der Waals surface area contributed by atoms with Gasteiger partial charge in [0, 0.05) is 27.1 Å². The third-order valence-electron chi connectivity index (χ3n) is 2.83. The van der Waals surface area contributed by atoms with Gasteiger partial charge in [0.2, 0.25) is 0 Å². The summed E-state index contributed by atoms with van der Waals surface area (Å²) in [6.07, 6.45) is 0.930. The zero-order valence-electron chi connectivity index (χ0n) is 9.70. The Labute approximate surface area is 105 Å². The van der Waals surface area contributed by atoms with Gasteiger partial charge in [0.15, 0.2) is 0 Å². The summed E-state index contributed by atoms with van der Waals surface area (Å²) >= 11 is 3.60. The highest BCUT2D eigenvalue weighted by Crippen LogP contribution is 2.29. The second-order valence-corrected chi connectivity index (χ2v) is 5.17. The highest BCUT2D eigenvalue weighted by Gasteiger charge is 2.12. The minimum Gasteiger partial charge on any atom is -0.342 e. The van der Waals surface area contributed by atoms with Gasteiger partial charge < -0.3 is 10.3 Å². The number of hydrogen-bond donors (Lipinski definition) is 1. The van der Waals surface area contributed by atoms with Crippen LogP contribution in [0.5, 0.6) is 0 Å². The first-order valence-corrected chi connectivity index (χ1v) is 6.43. The van der Waals surface area contributed by atoms with Gasteiger partial charge in [-0.25, -0.2) is 0 Å². The number of fused-ring (bicyclic) bond motifs is 1. The van der Waals surface area contributed by atoms with E-state index >= 15 is 0 Å². The smallest absolute Gasteiger partial charge is 0.0496 e. The van der Waals surface area contributed by atoms with Gasteiger partial charge in [0.25, 0.3) is 0 Å². The molecule has 16 heavy (non-hydrogen) atoms. The predicted molar refractivity (Wildman–Crippen MR) is 72.8 cm³/mol. The van der Waals surface area contributed by atoms with Crippen LogP contribution in [0.25, 0.3) is 10.9 Å². The third-order valence-corrected chi connectivity index (χ3v) is 3.52. The first-order valence-electron chi connectivity index (χ1n) is 5.63. The number of halogens is 1. The molecular formula is C13H17BrN2. The molecule has 1 aromatic carbocycles. The van der Waals surface area contributed by atoms with Crippen LogP contribution in [0.15, 0.2) is 28.7 Å². The summed E-state index contributed by atoms with van der Waals surface area (Å²) in [7, 11) is 0. The molecular weight excluding hydrogens is 264 g/mol. The maximum atomic E-state index is 5.66. The molecule has 0 atom stereocenters. The normalized spacial score (nSPS) is 11.6. The number of nitrogens with two attached hydrogens (primary N) is 1. The van der Waals surface area contributed by atoms with Gasteiger partial charge in [-0.3, -0.25) is 0 Å². The largest absolute Gasteiger partial charge is 0.342 e. The molecule has 2 rings (SSSR count). The molecule has 0 bridgehead atoms.